The van der Waals surface area contributed by atoms with Gasteiger partial charge >= 0.3 is 0 Å². The standard InChI is InChI=1S/C16H28N2S/c1-3-17-15(11-16-12-19-13(2)18-16)10-9-14-7-5-4-6-8-14/h12,14-15,17H,3-11H2,1-2H3. The van der Waals surface area contributed by atoms with E-state index in [9.17, 15) is 0 Å². The van der Waals surface area contributed by atoms with Crippen LogP contribution in [0.3, 0.4) is 0 Å². The van der Waals surface area contributed by atoms with Gasteiger partial charge in [0, 0.05) is 17.8 Å². The molecular weight excluding hydrogens is 252 g/mol. The van der Waals surface area contributed by atoms with Crippen LogP contribution in [0, 0.1) is 12.8 Å². The lowest BCUT2D eigenvalue weighted by Crippen LogP contribution is -2.31. The van der Waals surface area contributed by atoms with E-state index in [2.05, 4.69) is 29.5 Å². The molecule has 1 atom stereocenters. The van der Waals surface area contributed by atoms with Crippen molar-refractivity contribution in [3.63, 3.8) is 0 Å². The van der Waals surface area contributed by atoms with Crippen LogP contribution in [-0.4, -0.2) is 17.6 Å². The first kappa shape index (κ1) is 15.0. The lowest BCUT2D eigenvalue weighted by Gasteiger charge is -2.24. The van der Waals surface area contributed by atoms with Crippen LogP contribution in [0.25, 0.3) is 0 Å². The molecule has 2 rings (SSSR count). The molecule has 1 aromatic rings. The molecule has 19 heavy (non-hydrogen) atoms. The van der Waals surface area contributed by atoms with E-state index in [1.54, 1.807) is 11.3 Å². The second-order valence-electron chi connectivity index (χ2n) is 5.90. The molecular formula is C16H28N2S. The number of nitrogens with one attached hydrogen (secondary N) is 1. The van der Waals surface area contributed by atoms with E-state index in [1.807, 2.05) is 0 Å². The van der Waals surface area contributed by atoms with E-state index >= 15 is 0 Å². The largest absolute Gasteiger partial charge is 0.314 e. The second kappa shape index (κ2) is 8.01. The van der Waals surface area contributed by atoms with Gasteiger partial charge in [0.1, 0.15) is 0 Å². The predicted molar refractivity (Wildman–Crippen MR) is 83.8 cm³/mol. The Balaban J connectivity index is 1.78. The summed E-state index contributed by atoms with van der Waals surface area (Å²) in [6.07, 6.45) is 11.1. The normalized spacial score (nSPS) is 18.6. The van der Waals surface area contributed by atoms with E-state index in [0.717, 1.165) is 18.9 Å². The molecule has 2 nitrogen and oxygen atoms in total. The molecule has 1 aliphatic carbocycles. The van der Waals surface area contributed by atoms with Gasteiger partial charge in [-0.3, -0.25) is 0 Å². The highest BCUT2D eigenvalue weighted by Gasteiger charge is 2.16. The van der Waals surface area contributed by atoms with Crippen molar-refractivity contribution in [1.82, 2.24) is 10.3 Å². The Morgan fingerprint density at radius 1 is 1.37 bits per heavy atom. The summed E-state index contributed by atoms with van der Waals surface area (Å²) >= 11 is 1.77. The van der Waals surface area contributed by atoms with Gasteiger partial charge in [-0.1, -0.05) is 39.0 Å². The summed E-state index contributed by atoms with van der Waals surface area (Å²) in [5.74, 6) is 0.993. The Bertz CT molecular complexity index is 355. The first-order valence-corrected chi connectivity index (χ1v) is 8.80. The molecule has 0 amide bonds. The van der Waals surface area contributed by atoms with Crippen LogP contribution in [0.1, 0.15) is 62.6 Å². The van der Waals surface area contributed by atoms with Gasteiger partial charge in [0.2, 0.25) is 0 Å². The number of hydrogen-bond donors (Lipinski definition) is 1. The maximum absolute atomic E-state index is 4.61. The van der Waals surface area contributed by atoms with Crippen molar-refractivity contribution in [2.75, 3.05) is 6.54 Å². The van der Waals surface area contributed by atoms with Crippen LogP contribution in [0.2, 0.25) is 0 Å². The molecule has 1 N–H and O–H groups in total. The predicted octanol–water partition coefficient (Wildman–Crippen LogP) is 4.33. The maximum Gasteiger partial charge on any atom is 0.0897 e. The zero-order valence-electron chi connectivity index (χ0n) is 12.5. The third-order valence-electron chi connectivity index (χ3n) is 4.26. The summed E-state index contributed by atoms with van der Waals surface area (Å²) in [6, 6.07) is 0.619. The number of thiazole rings is 1. The molecule has 108 valence electrons. The van der Waals surface area contributed by atoms with Crippen molar-refractivity contribution < 1.29 is 0 Å². The molecule has 1 heterocycles. The van der Waals surface area contributed by atoms with Crippen molar-refractivity contribution in [1.29, 1.82) is 0 Å². The Kier molecular flexibility index (Phi) is 6.32. The molecule has 0 bridgehead atoms. The number of nitrogens with zero attached hydrogens (tertiary/aromatic N) is 1. The summed E-state index contributed by atoms with van der Waals surface area (Å²) in [5.41, 5.74) is 1.28. The smallest absolute Gasteiger partial charge is 0.0897 e. The first-order valence-electron chi connectivity index (χ1n) is 7.92. The van der Waals surface area contributed by atoms with Gasteiger partial charge in [0.25, 0.3) is 0 Å². The zero-order chi connectivity index (χ0) is 13.5. The van der Waals surface area contributed by atoms with Crippen LogP contribution < -0.4 is 5.32 Å². The fourth-order valence-electron chi connectivity index (χ4n) is 3.23. The average molecular weight is 280 g/mol. The summed E-state index contributed by atoms with van der Waals surface area (Å²) in [4.78, 5) is 4.61. The molecule has 0 aliphatic heterocycles. The van der Waals surface area contributed by atoms with Crippen molar-refractivity contribution in [2.45, 2.75) is 71.3 Å². The fraction of sp³-hybridized carbons (Fsp3) is 0.812. The highest BCUT2D eigenvalue weighted by molar-refractivity contribution is 7.09. The SMILES string of the molecule is CCNC(CCC1CCCCC1)Cc1csc(C)n1. The van der Waals surface area contributed by atoms with Crippen molar-refractivity contribution in [3.05, 3.63) is 16.1 Å². The highest BCUT2D eigenvalue weighted by atomic mass is 32.1. The van der Waals surface area contributed by atoms with Gasteiger partial charge in [-0.05, 0) is 32.2 Å². The molecule has 1 aromatic heterocycles. The Morgan fingerprint density at radius 2 is 2.16 bits per heavy atom. The molecule has 1 saturated carbocycles. The van der Waals surface area contributed by atoms with Gasteiger partial charge in [-0.25, -0.2) is 4.98 Å². The van der Waals surface area contributed by atoms with Crippen LogP contribution in [0.5, 0.6) is 0 Å². The second-order valence-corrected chi connectivity index (χ2v) is 6.96. The topological polar surface area (TPSA) is 24.9 Å². The van der Waals surface area contributed by atoms with Gasteiger partial charge < -0.3 is 5.32 Å². The number of aryl methyl sites for hydroxylation is 1. The summed E-state index contributed by atoms with van der Waals surface area (Å²) in [7, 11) is 0. The maximum atomic E-state index is 4.61. The quantitative estimate of drug-likeness (QED) is 0.804. The molecule has 0 spiro atoms. The number of likely N-dealkylation sites (N-methyl/N-ethyl adjacent to an activating group) is 1. The van der Waals surface area contributed by atoms with Crippen LogP contribution in [-0.2, 0) is 6.42 Å². The van der Waals surface area contributed by atoms with Gasteiger partial charge in [-0.15, -0.1) is 11.3 Å². The van der Waals surface area contributed by atoms with E-state index in [1.165, 1.54) is 55.6 Å². The highest BCUT2D eigenvalue weighted by Crippen LogP contribution is 2.28. The lowest BCUT2D eigenvalue weighted by atomic mass is 9.85. The Hall–Kier alpha value is -0.410. The first-order chi connectivity index (χ1) is 9.28. The molecule has 1 unspecified atom stereocenters. The third-order valence-corrected chi connectivity index (χ3v) is 5.09. The molecule has 0 saturated heterocycles. The molecule has 1 fully saturated rings. The molecule has 3 heteroatoms. The van der Waals surface area contributed by atoms with E-state index in [4.69, 9.17) is 0 Å². The van der Waals surface area contributed by atoms with Gasteiger partial charge in [0.15, 0.2) is 0 Å². The number of hydrogen-bond acceptors (Lipinski definition) is 3. The van der Waals surface area contributed by atoms with E-state index in [0.29, 0.717) is 6.04 Å². The summed E-state index contributed by atoms with van der Waals surface area (Å²) in [5, 5.41) is 7.06. The summed E-state index contributed by atoms with van der Waals surface area (Å²) < 4.78 is 0. The van der Waals surface area contributed by atoms with Crippen molar-refractivity contribution >= 4 is 11.3 Å². The minimum Gasteiger partial charge on any atom is -0.314 e. The number of rotatable bonds is 7. The molecule has 0 radical (unpaired) electrons. The van der Waals surface area contributed by atoms with E-state index < -0.39 is 0 Å². The van der Waals surface area contributed by atoms with Crippen LogP contribution in [0.4, 0.5) is 0 Å². The Morgan fingerprint density at radius 3 is 2.79 bits per heavy atom. The third kappa shape index (κ3) is 5.23. The fourth-order valence-corrected chi connectivity index (χ4v) is 3.86. The molecule has 0 aromatic carbocycles. The summed E-state index contributed by atoms with van der Waals surface area (Å²) in [6.45, 7) is 5.37. The van der Waals surface area contributed by atoms with Gasteiger partial charge in [-0.2, -0.15) is 0 Å². The average Bonchev–Trinajstić information content (AvgIpc) is 2.83. The molecule has 1 aliphatic rings. The van der Waals surface area contributed by atoms with E-state index in [-0.39, 0.29) is 0 Å². The number of aromatic nitrogens is 1. The van der Waals surface area contributed by atoms with Crippen LogP contribution in [0.15, 0.2) is 5.38 Å². The van der Waals surface area contributed by atoms with Crippen molar-refractivity contribution in [2.24, 2.45) is 5.92 Å². The monoisotopic (exact) mass is 280 g/mol. The zero-order valence-corrected chi connectivity index (χ0v) is 13.3. The lowest BCUT2D eigenvalue weighted by molar-refractivity contribution is 0.313. The Labute approximate surface area is 122 Å². The van der Waals surface area contributed by atoms with Crippen LogP contribution >= 0.6 is 11.3 Å². The van der Waals surface area contributed by atoms with Gasteiger partial charge in [0.05, 0.1) is 10.7 Å². The minimum absolute atomic E-state index is 0.619. The van der Waals surface area contributed by atoms with Crippen molar-refractivity contribution in [3.8, 4) is 0 Å². The minimum atomic E-state index is 0.619.